The topological polar surface area (TPSA) is 50.4 Å². The summed E-state index contributed by atoms with van der Waals surface area (Å²) in [5.41, 5.74) is 4.57. The van der Waals surface area contributed by atoms with Gasteiger partial charge in [0.05, 0.1) is 7.11 Å². The molecule has 0 bridgehead atoms. The minimum atomic E-state index is -0.383. The van der Waals surface area contributed by atoms with Crippen molar-refractivity contribution in [3.05, 3.63) is 70.6 Å². The van der Waals surface area contributed by atoms with E-state index in [-0.39, 0.29) is 5.97 Å². The Hall–Kier alpha value is -2.70. The van der Waals surface area contributed by atoms with E-state index >= 15 is 0 Å². The molecule has 3 rings (SSSR count). The van der Waals surface area contributed by atoms with Crippen LogP contribution in [0.15, 0.2) is 54.6 Å². The number of rotatable bonds is 7. The van der Waals surface area contributed by atoms with Crippen LogP contribution in [0.1, 0.15) is 40.6 Å². The first kappa shape index (κ1) is 22.0. The lowest BCUT2D eigenvalue weighted by molar-refractivity contribution is 0.0603. The molecular formula is C24H26N2O2S2. The second-order valence-electron chi connectivity index (χ2n) is 6.93. The Morgan fingerprint density at radius 2 is 1.77 bits per heavy atom. The molecule has 1 heterocycles. The van der Waals surface area contributed by atoms with Crippen molar-refractivity contribution >= 4 is 45.3 Å². The average molecular weight is 439 g/mol. The molecule has 0 unspecified atom stereocenters. The summed E-state index contributed by atoms with van der Waals surface area (Å²) in [4.78, 5) is 13.7. The maximum absolute atomic E-state index is 12.6. The van der Waals surface area contributed by atoms with Crippen LogP contribution in [0.4, 0.5) is 10.7 Å². The first-order chi connectivity index (χ1) is 14.5. The average Bonchev–Trinajstić information content (AvgIpc) is 3.08. The number of para-hydroxylation sites is 1. The number of benzene rings is 2. The zero-order valence-electron chi connectivity index (χ0n) is 17.5. The predicted molar refractivity (Wildman–Crippen MR) is 131 cm³/mol. The normalized spacial score (nSPS) is 10.5. The van der Waals surface area contributed by atoms with E-state index in [4.69, 9.17) is 17.0 Å². The van der Waals surface area contributed by atoms with Crippen molar-refractivity contribution < 1.29 is 9.53 Å². The predicted octanol–water partition coefficient (Wildman–Crippen LogP) is 6.66. The fourth-order valence-corrected chi connectivity index (χ4v) is 4.71. The second-order valence-corrected chi connectivity index (χ2v) is 8.57. The summed E-state index contributed by atoms with van der Waals surface area (Å²) in [5, 5.41) is 7.65. The van der Waals surface area contributed by atoms with Gasteiger partial charge in [-0.15, -0.1) is 11.3 Å². The monoisotopic (exact) mass is 438 g/mol. The molecule has 30 heavy (non-hydrogen) atoms. The number of thiophene rings is 1. The number of esters is 1. The fourth-order valence-electron chi connectivity index (χ4n) is 3.37. The van der Waals surface area contributed by atoms with Crippen molar-refractivity contribution in [3.63, 3.8) is 0 Å². The number of nitrogens with one attached hydrogen (secondary N) is 2. The van der Waals surface area contributed by atoms with Crippen molar-refractivity contribution in [2.75, 3.05) is 17.7 Å². The molecule has 0 spiro atoms. The molecule has 0 saturated heterocycles. The smallest absolute Gasteiger partial charge is 0.341 e. The summed E-state index contributed by atoms with van der Waals surface area (Å²) >= 11 is 7.07. The van der Waals surface area contributed by atoms with Crippen LogP contribution >= 0.6 is 23.6 Å². The van der Waals surface area contributed by atoms with E-state index < -0.39 is 0 Å². The number of ether oxygens (including phenoxy) is 1. The molecule has 4 nitrogen and oxygen atoms in total. The van der Waals surface area contributed by atoms with Crippen molar-refractivity contribution in [1.82, 2.24) is 0 Å². The van der Waals surface area contributed by atoms with E-state index in [1.807, 2.05) is 55.5 Å². The number of unbranched alkanes of at least 4 members (excludes halogenated alkanes) is 1. The van der Waals surface area contributed by atoms with Crippen molar-refractivity contribution in [2.24, 2.45) is 0 Å². The van der Waals surface area contributed by atoms with Crippen molar-refractivity contribution in [1.29, 1.82) is 0 Å². The highest BCUT2D eigenvalue weighted by Gasteiger charge is 2.24. The molecule has 1 aromatic heterocycles. The summed E-state index contributed by atoms with van der Waals surface area (Å²) in [6.45, 7) is 4.18. The number of carbonyl (C=O) groups excluding carboxylic acids is 1. The molecule has 0 amide bonds. The highest BCUT2D eigenvalue weighted by atomic mass is 32.1. The number of carbonyl (C=O) groups is 1. The summed E-state index contributed by atoms with van der Waals surface area (Å²) in [6.07, 6.45) is 3.25. The van der Waals surface area contributed by atoms with Crippen LogP contribution in [0.5, 0.6) is 0 Å². The van der Waals surface area contributed by atoms with Gasteiger partial charge in [0.2, 0.25) is 0 Å². The molecular weight excluding hydrogens is 412 g/mol. The Bertz CT molecular complexity index is 1030. The molecule has 3 aromatic rings. The quantitative estimate of drug-likeness (QED) is 0.319. The van der Waals surface area contributed by atoms with Crippen LogP contribution in [-0.4, -0.2) is 18.2 Å². The summed E-state index contributed by atoms with van der Waals surface area (Å²) in [7, 11) is 1.40. The third-order valence-electron chi connectivity index (χ3n) is 4.83. The number of methoxy groups -OCH3 is 1. The van der Waals surface area contributed by atoms with Gasteiger partial charge in [0.25, 0.3) is 0 Å². The Morgan fingerprint density at radius 3 is 2.47 bits per heavy atom. The van der Waals surface area contributed by atoms with Crippen LogP contribution in [0, 0.1) is 6.92 Å². The minimum absolute atomic E-state index is 0.383. The lowest BCUT2D eigenvalue weighted by Gasteiger charge is -2.14. The second kappa shape index (κ2) is 10.4. The van der Waals surface area contributed by atoms with Gasteiger partial charge in [0.15, 0.2) is 5.11 Å². The molecule has 0 saturated carbocycles. The zero-order chi connectivity index (χ0) is 21.5. The molecule has 6 heteroatoms. The van der Waals surface area contributed by atoms with Gasteiger partial charge in [-0.2, -0.15) is 0 Å². The lowest BCUT2D eigenvalue weighted by Crippen LogP contribution is -2.21. The number of anilines is 2. The van der Waals surface area contributed by atoms with Gasteiger partial charge in [-0.25, -0.2) is 4.79 Å². The van der Waals surface area contributed by atoms with Gasteiger partial charge in [0, 0.05) is 16.1 Å². The highest BCUT2D eigenvalue weighted by molar-refractivity contribution is 7.80. The van der Waals surface area contributed by atoms with E-state index in [0.717, 1.165) is 41.0 Å². The summed E-state index contributed by atoms with van der Waals surface area (Å²) < 4.78 is 5.08. The summed E-state index contributed by atoms with van der Waals surface area (Å²) in [6, 6.07) is 18.0. The van der Waals surface area contributed by atoms with Crippen molar-refractivity contribution in [3.8, 4) is 11.1 Å². The third kappa shape index (κ3) is 5.07. The molecule has 0 fully saturated rings. The molecule has 0 aliphatic rings. The van der Waals surface area contributed by atoms with Crippen LogP contribution in [0.3, 0.4) is 0 Å². The minimum Gasteiger partial charge on any atom is -0.465 e. The molecule has 2 N–H and O–H groups in total. The van der Waals surface area contributed by atoms with Gasteiger partial charge < -0.3 is 15.4 Å². The van der Waals surface area contributed by atoms with Gasteiger partial charge in [-0.1, -0.05) is 61.9 Å². The van der Waals surface area contributed by atoms with Gasteiger partial charge >= 0.3 is 5.97 Å². The van der Waals surface area contributed by atoms with E-state index in [1.165, 1.54) is 24.0 Å². The number of hydrogen-bond acceptors (Lipinski definition) is 4. The summed E-state index contributed by atoms with van der Waals surface area (Å²) in [5.74, 6) is -0.383. The lowest BCUT2D eigenvalue weighted by atomic mass is 10.0. The van der Waals surface area contributed by atoms with Gasteiger partial charge in [-0.05, 0) is 49.2 Å². The molecule has 156 valence electrons. The van der Waals surface area contributed by atoms with Crippen LogP contribution in [0.2, 0.25) is 0 Å². The highest BCUT2D eigenvalue weighted by Crippen LogP contribution is 2.40. The molecule has 2 aromatic carbocycles. The molecule has 0 atom stereocenters. The maximum atomic E-state index is 12.6. The third-order valence-corrected chi connectivity index (χ3v) is 6.05. The van der Waals surface area contributed by atoms with Gasteiger partial charge in [-0.3, -0.25) is 0 Å². The first-order valence-corrected chi connectivity index (χ1v) is 11.2. The van der Waals surface area contributed by atoms with Crippen molar-refractivity contribution in [2.45, 2.75) is 33.1 Å². The van der Waals surface area contributed by atoms with E-state index in [0.29, 0.717) is 15.7 Å². The van der Waals surface area contributed by atoms with E-state index in [2.05, 4.69) is 23.6 Å². The van der Waals surface area contributed by atoms with Crippen LogP contribution in [-0.2, 0) is 11.2 Å². The SMILES string of the molecule is CCCCc1ccccc1NC(=S)Nc1sc(C)c(-c2ccccc2)c1C(=O)OC. The Balaban J connectivity index is 1.88. The van der Waals surface area contributed by atoms with Crippen LogP contribution in [0.25, 0.3) is 11.1 Å². The van der Waals surface area contributed by atoms with E-state index in [9.17, 15) is 4.79 Å². The Morgan fingerprint density at radius 1 is 1.07 bits per heavy atom. The molecule has 0 radical (unpaired) electrons. The van der Waals surface area contributed by atoms with E-state index in [1.54, 1.807) is 0 Å². The largest absolute Gasteiger partial charge is 0.465 e. The Kier molecular flexibility index (Phi) is 7.60. The van der Waals surface area contributed by atoms with Gasteiger partial charge in [0.1, 0.15) is 10.6 Å². The number of thiocarbonyl (C=S) groups is 1. The Labute approximate surface area is 187 Å². The standard InChI is InChI=1S/C24H26N2O2S2/c1-4-5-11-17-12-9-10-15-19(17)25-24(29)26-22-21(23(27)28-3)20(16(2)30-22)18-13-7-6-8-14-18/h6-10,12-15H,4-5,11H2,1-3H3,(H2,25,26,29). The first-order valence-electron chi connectivity index (χ1n) is 9.98. The maximum Gasteiger partial charge on any atom is 0.341 e. The number of aryl methyl sites for hydroxylation is 2. The fraction of sp³-hybridized carbons (Fsp3) is 0.250. The van der Waals surface area contributed by atoms with Crippen LogP contribution < -0.4 is 10.6 Å². The number of hydrogen-bond donors (Lipinski definition) is 2. The zero-order valence-corrected chi connectivity index (χ0v) is 19.1. The molecule has 0 aliphatic carbocycles. The molecule has 0 aliphatic heterocycles.